The number of nitrogens with zero attached hydrogens (tertiary/aromatic N) is 2. The first-order valence-electron chi connectivity index (χ1n) is 7.25. The summed E-state index contributed by atoms with van der Waals surface area (Å²) in [6.07, 6.45) is 0. The minimum atomic E-state index is -0.392. The highest BCUT2D eigenvalue weighted by Crippen LogP contribution is 2.40. The van der Waals surface area contributed by atoms with Crippen molar-refractivity contribution in [2.24, 2.45) is 0 Å². The largest absolute Gasteiger partial charge is 0.326 e. The predicted octanol–water partition coefficient (Wildman–Crippen LogP) is 3.04. The van der Waals surface area contributed by atoms with Crippen molar-refractivity contribution in [3.63, 3.8) is 0 Å². The number of imide groups is 1. The number of urea groups is 1. The van der Waals surface area contributed by atoms with Crippen LogP contribution >= 0.6 is 0 Å². The van der Waals surface area contributed by atoms with E-state index in [0.717, 1.165) is 11.1 Å². The van der Waals surface area contributed by atoms with Crippen LogP contribution in [0.25, 0.3) is 0 Å². The minimum absolute atomic E-state index is 0.164. The average molecular weight is 294 g/mol. The van der Waals surface area contributed by atoms with Crippen molar-refractivity contribution < 1.29 is 9.59 Å². The van der Waals surface area contributed by atoms with Gasteiger partial charge in [0, 0.05) is 14.1 Å². The van der Waals surface area contributed by atoms with Crippen LogP contribution in [0.4, 0.5) is 4.79 Å². The fourth-order valence-corrected chi connectivity index (χ4v) is 3.07. The number of rotatable bonds is 2. The Bertz CT molecular complexity index is 685. The Labute approximate surface area is 130 Å². The van der Waals surface area contributed by atoms with Crippen molar-refractivity contribution in [3.8, 4) is 0 Å². The van der Waals surface area contributed by atoms with Gasteiger partial charge in [0.05, 0.1) is 12.0 Å². The summed E-state index contributed by atoms with van der Waals surface area (Å²) in [5.74, 6) is -0.556. The van der Waals surface area contributed by atoms with Gasteiger partial charge in [0.15, 0.2) is 0 Å². The van der Waals surface area contributed by atoms with Crippen LogP contribution in [0.2, 0.25) is 0 Å². The van der Waals surface area contributed by atoms with Gasteiger partial charge in [0.1, 0.15) is 0 Å². The van der Waals surface area contributed by atoms with Gasteiger partial charge >= 0.3 is 6.03 Å². The van der Waals surface area contributed by atoms with E-state index < -0.39 is 5.92 Å². The van der Waals surface area contributed by atoms with E-state index in [1.807, 2.05) is 60.7 Å². The lowest BCUT2D eigenvalue weighted by Gasteiger charge is -2.42. The summed E-state index contributed by atoms with van der Waals surface area (Å²) >= 11 is 0. The smallest absolute Gasteiger partial charge is 0.319 e. The number of benzene rings is 2. The van der Waals surface area contributed by atoms with E-state index in [4.69, 9.17) is 0 Å². The molecule has 1 fully saturated rings. The SMILES string of the molecule is CN1C(=O)[C@@H](c2ccccc2)[C@@H](c2ccccc2)N(C)C1=O. The Morgan fingerprint density at radius 2 is 1.27 bits per heavy atom. The number of amides is 3. The zero-order chi connectivity index (χ0) is 15.7. The van der Waals surface area contributed by atoms with Crippen LogP contribution in [0.1, 0.15) is 23.1 Å². The quantitative estimate of drug-likeness (QED) is 0.854. The Morgan fingerprint density at radius 3 is 1.82 bits per heavy atom. The van der Waals surface area contributed by atoms with Crippen molar-refractivity contribution >= 4 is 11.9 Å². The van der Waals surface area contributed by atoms with Gasteiger partial charge in [-0.1, -0.05) is 60.7 Å². The van der Waals surface area contributed by atoms with Crippen molar-refractivity contribution in [2.75, 3.05) is 14.1 Å². The Kier molecular flexibility index (Phi) is 3.67. The number of hydrogen-bond donors (Lipinski definition) is 0. The lowest BCUT2D eigenvalue weighted by molar-refractivity contribution is -0.133. The number of hydrogen-bond acceptors (Lipinski definition) is 2. The molecule has 1 aliphatic heterocycles. The van der Waals surface area contributed by atoms with Gasteiger partial charge in [-0.2, -0.15) is 0 Å². The second-order valence-corrected chi connectivity index (χ2v) is 5.53. The van der Waals surface area contributed by atoms with Gasteiger partial charge in [-0.05, 0) is 11.1 Å². The van der Waals surface area contributed by atoms with E-state index in [9.17, 15) is 9.59 Å². The highest BCUT2D eigenvalue weighted by atomic mass is 16.2. The van der Waals surface area contributed by atoms with Crippen LogP contribution in [-0.4, -0.2) is 35.8 Å². The summed E-state index contributed by atoms with van der Waals surface area (Å²) < 4.78 is 0. The molecule has 3 rings (SSSR count). The average Bonchev–Trinajstić information content (AvgIpc) is 2.57. The van der Waals surface area contributed by atoms with E-state index in [-0.39, 0.29) is 18.0 Å². The maximum absolute atomic E-state index is 12.7. The Balaban J connectivity index is 2.13. The second-order valence-electron chi connectivity index (χ2n) is 5.53. The van der Waals surface area contributed by atoms with E-state index in [1.165, 1.54) is 4.90 Å². The summed E-state index contributed by atoms with van der Waals surface area (Å²) in [7, 11) is 3.29. The zero-order valence-electron chi connectivity index (χ0n) is 12.6. The number of likely N-dealkylation sites (N-methyl/N-ethyl adjacent to an activating group) is 2. The van der Waals surface area contributed by atoms with Gasteiger partial charge in [-0.25, -0.2) is 4.79 Å². The first-order valence-corrected chi connectivity index (χ1v) is 7.25. The van der Waals surface area contributed by atoms with Crippen LogP contribution in [-0.2, 0) is 4.79 Å². The first kappa shape index (κ1) is 14.3. The molecule has 1 aliphatic rings. The molecule has 112 valence electrons. The molecule has 0 spiro atoms. The predicted molar refractivity (Wildman–Crippen MR) is 84.3 cm³/mol. The normalized spacial score (nSPS) is 22.1. The van der Waals surface area contributed by atoms with Gasteiger partial charge in [0.25, 0.3) is 0 Å². The Hall–Kier alpha value is -2.62. The fourth-order valence-electron chi connectivity index (χ4n) is 3.07. The molecule has 0 saturated carbocycles. The third-order valence-electron chi connectivity index (χ3n) is 4.22. The highest BCUT2D eigenvalue weighted by Gasteiger charge is 2.44. The molecular formula is C18H18N2O2. The molecule has 0 aliphatic carbocycles. The van der Waals surface area contributed by atoms with E-state index in [1.54, 1.807) is 19.0 Å². The monoisotopic (exact) mass is 294 g/mol. The molecular weight excluding hydrogens is 276 g/mol. The molecule has 0 N–H and O–H groups in total. The molecule has 0 bridgehead atoms. The molecule has 1 saturated heterocycles. The van der Waals surface area contributed by atoms with Gasteiger partial charge in [-0.15, -0.1) is 0 Å². The molecule has 1 heterocycles. The lowest BCUT2D eigenvalue weighted by atomic mass is 9.83. The third kappa shape index (κ3) is 2.26. The van der Waals surface area contributed by atoms with Crippen LogP contribution in [0, 0.1) is 0 Å². The molecule has 0 unspecified atom stereocenters. The van der Waals surface area contributed by atoms with E-state index in [0.29, 0.717) is 0 Å². The van der Waals surface area contributed by atoms with E-state index in [2.05, 4.69) is 0 Å². The molecule has 0 aromatic heterocycles. The Morgan fingerprint density at radius 1 is 0.773 bits per heavy atom. The first-order chi connectivity index (χ1) is 10.6. The molecule has 22 heavy (non-hydrogen) atoms. The van der Waals surface area contributed by atoms with Crippen LogP contribution < -0.4 is 0 Å². The van der Waals surface area contributed by atoms with Crippen LogP contribution in [0.3, 0.4) is 0 Å². The third-order valence-corrected chi connectivity index (χ3v) is 4.22. The molecule has 2 aromatic carbocycles. The van der Waals surface area contributed by atoms with E-state index >= 15 is 0 Å². The van der Waals surface area contributed by atoms with Gasteiger partial charge in [-0.3, -0.25) is 9.69 Å². The fraction of sp³-hybridized carbons (Fsp3) is 0.222. The van der Waals surface area contributed by atoms with Crippen LogP contribution in [0.15, 0.2) is 60.7 Å². The zero-order valence-corrected chi connectivity index (χ0v) is 12.6. The summed E-state index contributed by atoms with van der Waals surface area (Å²) in [5.41, 5.74) is 1.89. The number of carbonyl (C=O) groups is 2. The maximum atomic E-state index is 12.7. The van der Waals surface area contributed by atoms with Gasteiger partial charge in [0.2, 0.25) is 5.91 Å². The standard InChI is InChI=1S/C18H18N2O2/c1-19-16(14-11-7-4-8-12-14)15(13-9-5-3-6-10-13)17(21)20(2)18(19)22/h3-12,15-16H,1-2H3/t15-,16+/m0/s1. The summed E-state index contributed by atoms with van der Waals surface area (Å²) in [4.78, 5) is 27.9. The van der Waals surface area contributed by atoms with Crippen molar-refractivity contribution in [1.82, 2.24) is 9.80 Å². The minimum Gasteiger partial charge on any atom is -0.319 e. The van der Waals surface area contributed by atoms with Crippen molar-refractivity contribution in [3.05, 3.63) is 71.8 Å². The number of carbonyl (C=O) groups excluding carboxylic acids is 2. The molecule has 2 atom stereocenters. The molecule has 4 heteroatoms. The summed E-state index contributed by atoms with van der Waals surface area (Å²) in [6, 6.07) is 18.8. The van der Waals surface area contributed by atoms with Gasteiger partial charge < -0.3 is 4.90 Å². The highest BCUT2D eigenvalue weighted by molar-refractivity contribution is 6.00. The molecule has 4 nitrogen and oxygen atoms in total. The molecule has 3 amide bonds. The second kappa shape index (κ2) is 5.64. The van der Waals surface area contributed by atoms with Crippen molar-refractivity contribution in [2.45, 2.75) is 12.0 Å². The van der Waals surface area contributed by atoms with Crippen LogP contribution in [0.5, 0.6) is 0 Å². The topological polar surface area (TPSA) is 40.6 Å². The molecule has 2 aromatic rings. The molecule has 0 radical (unpaired) electrons. The van der Waals surface area contributed by atoms with Crippen molar-refractivity contribution in [1.29, 1.82) is 0 Å². The maximum Gasteiger partial charge on any atom is 0.326 e. The summed E-state index contributed by atoms with van der Waals surface area (Å²) in [5, 5.41) is 0. The summed E-state index contributed by atoms with van der Waals surface area (Å²) in [6.45, 7) is 0. The lowest BCUT2D eigenvalue weighted by Crippen LogP contribution is -2.54.